The van der Waals surface area contributed by atoms with Crippen LogP contribution in [0.5, 0.6) is 0 Å². The summed E-state index contributed by atoms with van der Waals surface area (Å²) in [6.07, 6.45) is -4.50. The smallest absolute Gasteiger partial charge is 0.416 e. The molecule has 3 nitrogen and oxygen atoms in total. The molecule has 0 bridgehead atoms. The minimum absolute atomic E-state index is 0.00654. The number of anilines is 1. The molecule has 100 valence electrons. The van der Waals surface area contributed by atoms with Crippen LogP contribution >= 0.6 is 11.8 Å². The molecular formula is C11H12F3NO2S. The van der Waals surface area contributed by atoms with Gasteiger partial charge in [0.15, 0.2) is 0 Å². The molecule has 0 radical (unpaired) electrons. The molecular weight excluding hydrogens is 267 g/mol. The normalized spacial score (nSPS) is 13.3. The Labute approximate surface area is 106 Å². The maximum absolute atomic E-state index is 12.4. The van der Waals surface area contributed by atoms with E-state index in [1.54, 1.807) is 6.92 Å². The topological polar surface area (TPSA) is 63.3 Å². The fourth-order valence-corrected chi connectivity index (χ4v) is 2.34. The summed E-state index contributed by atoms with van der Waals surface area (Å²) in [7, 11) is 0. The third-order valence-corrected chi connectivity index (χ3v) is 3.32. The van der Waals surface area contributed by atoms with Crippen molar-refractivity contribution in [3.8, 4) is 0 Å². The lowest BCUT2D eigenvalue weighted by atomic mass is 10.2. The standard InChI is InChI=1S/C11H12F3NO2S/c1-6(4-10(16)17)18-9-3-2-7(5-8(9)15)11(12,13)14/h2-3,5-6H,4,15H2,1H3,(H,16,17). The second kappa shape index (κ2) is 5.51. The van der Waals surface area contributed by atoms with Gasteiger partial charge in [-0.2, -0.15) is 13.2 Å². The molecule has 1 atom stereocenters. The van der Waals surface area contributed by atoms with E-state index >= 15 is 0 Å². The molecule has 1 aromatic rings. The largest absolute Gasteiger partial charge is 0.481 e. The van der Waals surface area contributed by atoms with Gasteiger partial charge in [-0.25, -0.2) is 0 Å². The summed E-state index contributed by atoms with van der Waals surface area (Å²) in [6, 6.07) is 3.06. The van der Waals surface area contributed by atoms with E-state index in [2.05, 4.69) is 0 Å². The molecule has 0 amide bonds. The number of hydrogen-bond acceptors (Lipinski definition) is 3. The van der Waals surface area contributed by atoms with Gasteiger partial charge < -0.3 is 10.8 Å². The van der Waals surface area contributed by atoms with Crippen LogP contribution in [-0.2, 0) is 11.0 Å². The monoisotopic (exact) mass is 279 g/mol. The van der Waals surface area contributed by atoms with E-state index in [0.717, 1.165) is 23.9 Å². The first-order valence-corrected chi connectivity index (χ1v) is 5.93. The van der Waals surface area contributed by atoms with E-state index in [1.165, 1.54) is 6.07 Å². The van der Waals surface area contributed by atoms with Gasteiger partial charge in [0.05, 0.1) is 12.0 Å². The zero-order valence-electron chi connectivity index (χ0n) is 9.49. The summed E-state index contributed by atoms with van der Waals surface area (Å²) >= 11 is 1.14. The number of rotatable bonds is 4. The number of carboxylic acid groups (broad SMARTS) is 1. The molecule has 18 heavy (non-hydrogen) atoms. The maximum Gasteiger partial charge on any atom is 0.416 e. The molecule has 0 saturated carbocycles. The molecule has 0 spiro atoms. The average molecular weight is 279 g/mol. The number of nitrogen functional groups attached to an aromatic ring is 1. The Morgan fingerprint density at radius 1 is 1.50 bits per heavy atom. The number of aliphatic carboxylic acids is 1. The minimum Gasteiger partial charge on any atom is -0.481 e. The van der Waals surface area contributed by atoms with Crippen molar-refractivity contribution in [1.29, 1.82) is 0 Å². The Morgan fingerprint density at radius 2 is 2.11 bits per heavy atom. The van der Waals surface area contributed by atoms with Crippen LogP contribution in [0.3, 0.4) is 0 Å². The van der Waals surface area contributed by atoms with Gasteiger partial charge in [-0.3, -0.25) is 4.79 Å². The number of carboxylic acids is 1. The van der Waals surface area contributed by atoms with Crippen LogP contribution in [-0.4, -0.2) is 16.3 Å². The molecule has 1 unspecified atom stereocenters. The molecule has 0 aliphatic heterocycles. The van der Waals surface area contributed by atoms with Crippen LogP contribution in [0.1, 0.15) is 18.9 Å². The van der Waals surface area contributed by atoms with E-state index in [-0.39, 0.29) is 17.4 Å². The summed E-state index contributed by atoms with van der Waals surface area (Å²) in [6.45, 7) is 1.68. The van der Waals surface area contributed by atoms with Gasteiger partial charge >= 0.3 is 12.1 Å². The van der Waals surface area contributed by atoms with Gasteiger partial charge in [-0.05, 0) is 18.2 Å². The fourth-order valence-electron chi connectivity index (χ4n) is 1.34. The van der Waals surface area contributed by atoms with E-state index in [1.807, 2.05) is 0 Å². The van der Waals surface area contributed by atoms with Crippen LogP contribution in [0, 0.1) is 0 Å². The Balaban J connectivity index is 2.83. The van der Waals surface area contributed by atoms with E-state index < -0.39 is 17.7 Å². The van der Waals surface area contributed by atoms with Gasteiger partial charge in [-0.1, -0.05) is 6.92 Å². The predicted octanol–water partition coefficient (Wildman–Crippen LogP) is 3.24. The molecule has 0 aliphatic rings. The van der Waals surface area contributed by atoms with Crippen molar-refractivity contribution in [3.63, 3.8) is 0 Å². The lowest BCUT2D eigenvalue weighted by Crippen LogP contribution is -2.08. The summed E-state index contributed by atoms with van der Waals surface area (Å²) in [5, 5.41) is 8.33. The maximum atomic E-state index is 12.4. The highest BCUT2D eigenvalue weighted by molar-refractivity contribution is 8.00. The van der Waals surface area contributed by atoms with Gasteiger partial charge in [0.25, 0.3) is 0 Å². The zero-order valence-corrected chi connectivity index (χ0v) is 10.3. The highest BCUT2D eigenvalue weighted by Crippen LogP contribution is 2.35. The van der Waals surface area contributed by atoms with Crippen molar-refractivity contribution >= 4 is 23.4 Å². The van der Waals surface area contributed by atoms with Crippen LogP contribution in [0.4, 0.5) is 18.9 Å². The number of benzene rings is 1. The van der Waals surface area contributed by atoms with Crippen molar-refractivity contribution < 1.29 is 23.1 Å². The van der Waals surface area contributed by atoms with Crippen molar-refractivity contribution in [3.05, 3.63) is 23.8 Å². The first kappa shape index (κ1) is 14.7. The van der Waals surface area contributed by atoms with Crippen molar-refractivity contribution in [1.82, 2.24) is 0 Å². The molecule has 1 rings (SSSR count). The molecule has 0 aromatic heterocycles. The number of thioether (sulfide) groups is 1. The molecule has 7 heteroatoms. The van der Waals surface area contributed by atoms with Gasteiger partial charge in [0.1, 0.15) is 0 Å². The van der Waals surface area contributed by atoms with Crippen molar-refractivity contribution in [2.24, 2.45) is 0 Å². The van der Waals surface area contributed by atoms with Crippen LogP contribution < -0.4 is 5.73 Å². The van der Waals surface area contributed by atoms with E-state index in [0.29, 0.717) is 4.90 Å². The van der Waals surface area contributed by atoms with Gasteiger partial charge in [0.2, 0.25) is 0 Å². The van der Waals surface area contributed by atoms with Crippen LogP contribution in [0.15, 0.2) is 23.1 Å². The first-order chi connectivity index (χ1) is 8.20. The second-order valence-corrected chi connectivity index (χ2v) is 5.26. The average Bonchev–Trinajstić information content (AvgIpc) is 2.18. The molecule has 1 aromatic carbocycles. The predicted molar refractivity (Wildman–Crippen MR) is 63.4 cm³/mol. The van der Waals surface area contributed by atoms with Crippen LogP contribution in [0.2, 0.25) is 0 Å². The third-order valence-electron chi connectivity index (χ3n) is 2.13. The zero-order chi connectivity index (χ0) is 13.9. The first-order valence-electron chi connectivity index (χ1n) is 5.05. The molecule has 0 heterocycles. The van der Waals surface area contributed by atoms with Crippen molar-refractivity contribution in [2.75, 3.05) is 5.73 Å². The lowest BCUT2D eigenvalue weighted by Gasteiger charge is -2.13. The third kappa shape index (κ3) is 4.14. The number of hydrogen-bond donors (Lipinski definition) is 2. The fraction of sp³-hybridized carbons (Fsp3) is 0.364. The molecule has 0 aliphatic carbocycles. The molecule has 0 saturated heterocycles. The van der Waals surface area contributed by atoms with E-state index in [9.17, 15) is 18.0 Å². The number of alkyl halides is 3. The highest BCUT2D eigenvalue weighted by atomic mass is 32.2. The lowest BCUT2D eigenvalue weighted by molar-refractivity contribution is -0.138. The van der Waals surface area contributed by atoms with Gasteiger partial charge in [-0.15, -0.1) is 11.8 Å². The number of carbonyl (C=O) groups is 1. The Kier molecular flexibility index (Phi) is 4.50. The van der Waals surface area contributed by atoms with E-state index in [4.69, 9.17) is 10.8 Å². The SMILES string of the molecule is CC(CC(=O)O)Sc1ccc(C(F)(F)F)cc1N. The summed E-state index contributed by atoms with van der Waals surface area (Å²) in [5.41, 5.74) is 4.73. The molecule has 3 N–H and O–H groups in total. The quantitative estimate of drug-likeness (QED) is 0.656. The minimum atomic E-state index is -4.43. The number of nitrogens with two attached hydrogens (primary N) is 1. The summed E-state index contributed by atoms with van der Waals surface area (Å²) in [4.78, 5) is 10.9. The Hall–Kier alpha value is -1.37. The summed E-state index contributed by atoms with van der Waals surface area (Å²) < 4.78 is 37.2. The van der Waals surface area contributed by atoms with Crippen molar-refractivity contribution in [2.45, 2.75) is 29.7 Å². The number of halogens is 3. The summed E-state index contributed by atoms with van der Waals surface area (Å²) in [5.74, 6) is -0.958. The highest BCUT2D eigenvalue weighted by Gasteiger charge is 2.30. The second-order valence-electron chi connectivity index (χ2n) is 3.78. The van der Waals surface area contributed by atoms with Gasteiger partial charge in [0, 0.05) is 15.8 Å². The Morgan fingerprint density at radius 3 is 2.56 bits per heavy atom. The van der Waals surface area contributed by atoms with Crippen LogP contribution in [0.25, 0.3) is 0 Å². The molecule has 0 fully saturated rings. The Bertz CT molecular complexity index is 448.